The van der Waals surface area contributed by atoms with E-state index < -0.39 is 0 Å². The zero-order valence-electron chi connectivity index (χ0n) is 12.0. The monoisotopic (exact) mass is 387 g/mol. The molecule has 0 spiro atoms. The second-order valence-electron chi connectivity index (χ2n) is 5.47. The Morgan fingerprint density at radius 3 is 2.52 bits per heavy atom. The molecule has 21 heavy (non-hydrogen) atoms. The van der Waals surface area contributed by atoms with Crippen LogP contribution in [0.4, 0.5) is 0 Å². The Labute approximate surface area is 139 Å². The number of nitrogens with two attached hydrogens (primary N) is 1. The molecule has 0 aliphatic carbocycles. The number of hydrogen-bond acceptors (Lipinski definition) is 1. The number of rotatable bonds is 3. The normalized spacial score (nSPS) is 12.5. The largest absolute Gasteiger partial charge is 0.324 e. The summed E-state index contributed by atoms with van der Waals surface area (Å²) in [5.74, 6) is 0. The molecule has 3 rings (SSSR count). The van der Waals surface area contributed by atoms with Crippen LogP contribution in [0, 0.1) is 10.5 Å². The molecule has 0 aliphatic heterocycles. The Morgan fingerprint density at radius 1 is 0.952 bits per heavy atom. The molecule has 1 nitrogen and oxygen atoms in total. The van der Waals surface area contributed by atoms with E-state index in [1.54, 1.807) is 0 Å². The highest BCUT2D eigenvalue weighted by Gasteiger charge is 2.12. The summed E-state index contributed by atoms with van der Waals surface area (Å²) in [6, 6.07) is 21.5. The summed E-state index contributed by atoms with van der Waals surface area (Å²) in [7, 11) is 0. The van der Waals surface area contributed by atoms with Gasteiger partial charge in [-0.25, -0.2) is 0 Å². The van der Waals surface area contributed by atoms with E-state index in [9.17, 15) is 0 Å². The lowest BCUT2D eigenvalue weighted by molar-refractivity contribution is 0.717. The van der Waals surface area contributed by atoms with E-state index in [2.05, 4.69) is 90.2 Å². The molecule has 3 aromatic carbocycles. The standard InChI is InChI=1S/C19H18IN/c1-13-5-4-8-17(19(13)20)18(21)12-14-9-10-15-6-2-3-7-16(15)11-14/h2-11,18H,12,21H2,1H3. The minimum Gasteiger partial charge on any atom is -0.324 e. The molecule has 1 atom stereocenters. The lowest BCUT2D eigenvalue weighted by Crippen LogP contribution is -2.15. The first kappa shape index (κ1) is 14.5. The maximum absolute atomic E-state index is 6.44. The van der Waals surface area contributed by atoms with Crippen molar-refractivity contribution in [2.75, 3.05) is 0 Å². The van der Waals surface area contributed by atoms with Gasteiger partial charge in [-0.2, -0.15) is 0 Å². The van der Waals surface area contributed by atoms with E-state index in [-0.39, 0.29) is 6.04 Å². The average molecular weight is 387 g/mol. The van der Waals surface area contributed by atoms with Crippen LogP contribution < -0.4 is 5.73 Å². The summed E-state index contributed by atoms with van der Waals surface area (Å²) in [5.41, 5.74) is 10.3. The molecule has 1 unspecified atom stereocenters. The van der Waals surface area contributed by atoms with Crippen LogP contribution in [0.1, 0.15) is 22.7 Å². The van der Waals surface area contributed by atoms with Crippen molar-refractivity contribution < 1.29 is 0 Å². The molecule has 0 bridgehead atoms. The van der Waals surface area contributed by atoms with E-state index in [0.29, 0.717) is 0 Å². The number of benzene rings is 3. The molecule has 0 aromatic heterocycles. The SMILES string of the molecule is Cc1cccc(C(N)Cc2ccc3ccccc3c2)c1I. The zero-order valence-corrected chi connectivity index (χ0v) is 14.2. The second kappa shape index (κ2) is 6.16. The highest BCUT2D eigenvalue weighted by Crippen LogP contribution is 2.25. The Kier molecular flexibility index (Phi) is 4.27. The van der Waals surface area contributed by atoms with Gasteiger partial charge in [-0.1, -0.05) is 60.7 Å². The molecule has 106 valence electrons. The zero-order chi connectivity index (χ0) is 14.8. The van der Waals surface area contributed by atoms with Gasteiger partial charge in [-0.05, 0) is 63.4 Å². The van der Waals surface area contributed by atoms with Crippen LogP contribution in [0.25, 0.3) is 10.8 Å². The molecular formula is C19H18IN. The predicted octanol–water partition coefficient (Wildman–Crippen LogP) is 5.00. The van der Waals surface area contributed by atoms with E-state index >= 15 is 0 Å². The van der Waals surface area contributed by atoms with Crippen molar-refractivity contribution >= 4 is 33.4 Å². The molecule has 2 N–H and O–H groups in total. The second-order valence-corrected chi connectivity index (χ2v) is 6.55. The van der Waals surface area contributed by atoms with Crippen molar-refractivity contribution in [1.29, 1.82) is 0 Å². The lowest BCUT2D eigenvalue weighted by atomic mass is 9.97. The van der Waals surface area contributed by atoms with Gasteiger partial charge in [0.15, 0.2) is 0 Å². The summed E-state index contributed by atoms with van der Waals surface area (Å²) in [6.45, 7) is 2.13. The molecule has 0 aliphatic rings. The van der Waals surface area contributed by atoms with Gasteiger partial charge in [0.25, 0.3) is 0 Å². The summed E-state index contributed by atoms with van der Waals surface area (Å²) in [4.78, 5) is 0. The summed E-state index contributed by atoms with van der Waals surface area (Å²) in [5, 5.41) is 2.56. The molecule has 0 heterocycles. The summed E-state index contributed by atoms with van der Waals surface area (Å²) in [6.07, 6.45) is 0.865. The Morgan fingerprint density at radius 2 is 1.71 bits per heavy atom. The molecule has 0 fully saturated rings. The van der Waals surface area contributed by atoms with Crippen molar-refractivity contribution in [3.05, 3.63) is 80.9 Å². The van der Waals surface area contributed by atoms with Gasteiger partial charge in [0.2, 0.25) is 0 Å². The minimum atomic E-state index is 0.0398. The smallest absolute Gasteiger partial charge is 0.0346 e. The molecule has 0 amide bonds. The Hall–Kier alpha value is -1.39. The van der Waals surface area contributed by atoms with Crippen molar-refractivity contribution in [1.82, 2.24) is 0 Å². The van der Waals surface area contributed by atoms with Gasteiger partial charge < -0.3 is 5.73 Å². The van der Waals surface area contributed by atoms with Crippen LogP contribution in [0.3, 0.4) is 0 Å². The maximum Gasteiger partial charge on any atom is 0.0346 e. The van der Waals surface area contributed by atoms with E-state index in [4.69, 9.17) is 5.73 Å². The first-order chi connectivity index (χ1) is 10.1. The Balaban J connectivity index is 1.89. The first-order valence-electron chi connectivity index (χ1n) is 7.13. The Bertz CT molecular complexity index is 779. The number of hydrogen-bond donors (Lipinski definition) is 1. The van der Waals surface area contributed by atoms with Crippen LogP contribution in [-0.4, -0.2) is 0 Å². The van der Waals surface area contributed by atoms with Gasteiger partial charge >= 0.3 is 0 Å². The van der Waals surface area contributed by atoms with Crippen LogP contribution in [0.2, 0.25) is 0 Å². The fourth-order valence-corrected chi connectivity index (χ4v) is 3.45. The van der Waals surface area contributed by atoms with Crippen molar-refractivity contribution in [2.24, 2.45) is 5.73 Å². The molecule has 0 saturated heterocycles. The molecular weight excluding hydrogens is 369 g/mol. The van der Waals surface area contributed by atoms with E-state index in [1.165, 1.54) is 31.0 Å². The van der Waals surface area contributed by atoms with Gasteiger partial charge in [-0.3, -0.25) is 0 Å². The molecule has 3 aromatic rings. The van der Waals surface area contributed by atoms with Crippen LogP contribution in [0.5, 0.6) is 0 Å². The molecule has 0 radical (unpaired) electrons. The van der Waals surface area contributed by atoms with Gasteiger partial charge in [-0.15, -0.1) is 0 Å². The van der Waals surface area contributed by atoms with Crippen LogP contribution in [-0.2, 0) is 6.42 Å². The van der Waals surface area contributed by atoms with Crippen molar-refractivity contribution in [3.8, 4) is 0 Å². The van der Waals surface area contributed by atoms with Crippen LogP contribution >= 0.6 is 22.6 Å². The number of halogens is 1. The fourth-order valence-electron chi connectivity index (χ4n) is 2.69. The third kappa shape index (κ3) is 3.11. The quantitative estimate of drug-likeness (QED) is 0.630. The number of fused-ring (bicyclic) bond motifs is 1. The highest BCUT2D eigenvalue weighted by atomic mass is 127. The predicted molar refractivity (Wildman–Crippen MR) is 98.5 cm³/mol. The van der Waals surface area contributed by atoms with E-state index in [0.717, 1.165) is 6.42 Å². The maximum atomic E-state index is 6.44. The lowest BCUT2D eigenvalue weighted by Gasteiger charge is -2.16. The van der Waals surface area contributed by atoms with Gasteiger partial charge in [0.1, 0.15) is 0 Å². The highest BCUT2D eigenvalue weighted by molar-refractivity contribution is 14.1. The third-order valence-corrected chi connectivity index (χ3v) is 5.36. The van der Waals surface area contributed by atoms with Crippen LogP contribution in [0.15, 0.2) is 60.7 Å². The fraction of sp³-hybridized carbons (Fsp3) is 0.158. The van der Waals surface area contributed by atoms with E-state index in [1.807, 2.05) is 0 Å². The van der Waals surface area contributed by atoms with Crippen molar-refractivity contribution in [3.63, 3.8) is 0 Å². The molecule has 2 heteroatoms. The average Bonchev–Trinajstić information content (AvgIpc) is 2.50. The topological polar surface area (TPSA) is 26.0 Å². The first-order valence-corrected chi connectivity index (χ1v) is 8.21. The minimum absolute atomic E-state index is 0.0398. The summed E-state index contributed by atoms with van der Waals surface area (Å²) < 4.78 is 1.28. The number of aryl methyl sites for hydroxylation is 1. The van der Waals surface area contributed by atoms with Gasteiger partial charge in [0.05, 0.1) is 0 Å². The third-order valence-electron chi connectivity index (χ3n) is 3.89. The summed E-state index contributed by atoms with van der Waals surface area (Å²) >= 11 is 2.40. The molecule has 0 saturated carbocycles. The van der Waals surface area contributed by atoms with Gasteiger partial charge in [0, 0.05) is 9.61 Å². The van der Waals surface area contributed by atoms with Crippen molar-refractivity contribution in [2.45, 2.75) is 19.4 Å².